The predicted octanol–water partition coefficient (Wildman–Crippen LogP) is 1.98. The van der Waals surface area contributed by atoms with Crippen molar-refractivity contribution in [3.8, 4) is 0 Å². The van der Waals surface area contributed by atoms with E-state index in [-0.39, 0.29) is 6.04 Å². The van der Waals surface area contributed by atoms with E-state index in [1.165, 1.54) is 4.31 Å². The van der Waals surface area contributed by atoms with E-state index in [0.717, 1.165) is 31.6 Å². The summed E-state index contributed by atoms with van der Waals surface area (Å²) in [5.41, 5.74) is 0. The molecule has 0 atom stereocenters. The van der Waals surface area contributed by atoms with Gasteiger partial charge in [-0.2, -0.15) is 12.7 Å². The third-order valence-corrected chi connectivity index (χ3v) is 4.48. The van der Waals surface area contributed by atoms with Gasteiger partial charge >= 0.3 is 0 Å². The minimum Gasteiger partial charge on any atom is -0.195 e. The molecule has 0 aromatic heterocycles. The molecule has 0 unspecified atom stereocenters. The molecule has 1 aliphatic rings. The molecule has 0 bridgehead atoms. The zero-order chi connectivity index (χ0) is 10.1. The van der Waals surface area contributed by atoms with Gasteiger partial charge in [0.25, 0.3) is 9.24 Å². The fourth-order valence-electron chi connectivity index (χ4n) is 1.78. The monoisotopic (exact) mass is 225 g/mol. The van der Waals surface area contributed by atoms with Gasteiger partial charge in [-0.1, -0.05) is 6.92 Å². The maximum Gasteiger partial charge on any atom is 0.299 e. The first-order valence-electron chi connectivity index (χ1n) is 4.59. The van der Waals surface area contributed by atoms with Gasteiger partial charge in [-0.15, -0.1) is 0 Å². The van der Waals surface area contributed by atoms with Crippen LogP contribution in [0.25, 0.3) is 0 Å². The maximum absolute atomic E-state index is 11.0. The van der Waals surface area contributed by atoms with Crippen molar-refractivity contribution in [2.75, 3.05) is 7.05 Å². The summed E-state index contributed by atoms with van der Waals surface area (Å²) in [6.07, 6.45) is 4.07. The Morgan fingerprint density at radius 3 is 2.08 bits per heavy atom. The van der Waals surface area contributed by atoms with E-state index in [2.05, 4.69) is 6.92 Å². The van der Waals surface area contributed by atoms with Crippen molar-refractivity contribution >= 4 is 19.9 Å². The molecule has 0 aromatic rings. The lowest BCUT2D eigenvalue weighted by Crippen LogP contribution is -2.36. The van der Waals surface area contributed by atoms with Crippen molar-refractivity contribution in [1.29, 1.82) is 0 Å². The highest BCUT2D eigenvalue weighted by atomic mass is 35.7. The number of rotatable bonds is 2. The van der Waals surface area contributed by atoms with E-state index in [9.17, 15) is 8.42 Å². The molecule has 1 rings (SSSR count). The van der Waals surface area contributed by atoms with Gasteiger partial charge in [-0.05, 0) is 31.6 Å². The second-order valence-corrected chi connectivity index (χ2v) is 6.44. The summed E-state index contributed by atoms with van der Waals surface area (Å²) in [4.78, 5) is 0. The van der Waals surface area contributed by atoms with Gasteiger partial charge in [-0.3, -0.25) is 0 Å². The second kappa shape index (κ2) is 4.15. The summed E-state index contributed by atoms with van der Waals surface area (Å²) in [7, 11) is 3.30. The van der Waals surface area contributed by atoms with Crippen molar-refractivity contribution in [3.05, 3.63) is 0 Å². The Hall–Kier alpha value is 0.200. The predicted molar refractivity (Wildman–Crippen MR) is 54.0 cm³/mol. The Labute approximate surface area is 84.6 Å². The van der Waals surface area contributed by atoms with Crippen molar-refractivity contribution in [2.24, 2.45) is 5.92 Å². The molecule has 0 aromatic carbocycles. The maximum atomic E-state index is 11.0. The number of halogens is 1. The van der Waals surface area contributed by atoms with E-state index in [0.29, 0.717) is 0 Å². The van der Waals surface area contributed by atoms with Crippen LogP contribution in [0.3, 0.4) is 0 Å². The van der Waals surface area contributed by atoms with Crippen molar-refractivity contribution in [3.63, 3.8) is 0 Å². The molecule has 1 saturated carbocycles. The molecule has 0 N–H and O–H groups in total. The van der Waals surface area contributed by atoms with E-state index in [1.807, 2.05) is 0 Å². The first-order chi connectivity index (χ1) is 5.91. The van der Waals surface area contributed by atoms with Gasteiger partial charge in [0, 0.05) is 23.8 Å². The van der Waals surface area contributed by atoms with Crippen LogP contribution in [-0.2, 0) is 9.24 Å². The molecule has 0 heterocycles. The Bertz CT molecular complexity index is 257. The highest BCUT2D eigenvalue weighted by Gasteiger charge is 2.27. The van der Waals surface area contributed by atoms with Crippen LogP contribution in [0.1, 0.15) is 32.6 Å². The first-order valence-corrected chi connectivity index (χ1v) is 6.85. The molecule has 0 amide bonds. The molecular formula is C8H16ClNO2S. The van der Waals surface area contributed by atoms with Gasteiger partial charge in [-0.25, -0.2) is 0 Å². The van der Waals surface area contributed by atoms with E-state index < -0.39 is 9.24 Å². The van der Waals surface area contributed by atoms with Gasteiger partial charge in [0.15, 0.2) is 0 Å². The first kappa shape index (κ1) is 11.3. The lowest BCUT2D eigenvalue weighted by atomic mass is 9.87. The molecule has 1 fully saturated rings. The van der Waals surface area contributed by atoms with Crippen molar-refractivity contribution in [2.45, 2.75) is 38.6 Å². The van der Waals surface area contributed by atoms with E-state index in [4.69, 9.17) is 10.7 Å². The molecule has 78 valence electrons. The third kappa shape index (κ3) is 3.11. The Morgan fingerprint density at radius 1 is 1.23 bits per heavy atom. The average Bonchev–Trinajstić information content (AvgIpc) is 2.03. The normalized spacial score (nSPS) is 30.8. The molecule has 0 radical (unpaired) electrons. The van der Waals surface area contributed by atoms with Crippen LogP contribution < -0.4 is 0 Å². The molecule has 0 saturated heterocycles. The summed E-state index contributed by atoms with van der Waals surface area (Å²) >= 11 is 0. The molecule has 1 aliphatic carbocycles. The van der Waals surface area contributed by atoms with Crippen molar-refractivity contribution in [1.82, 2.24) is 4.31 Å². The highest BCUT2D eigenvalue weighted by Crippen LogP contribution is 2.28. The second-order valence-electron chi connectivity index (χ2n) is 3.87. The quantitative estimate of drug-likeness (QED) is 0.674. The van der Waals surface area contributed by atoms with Gasteiger partial charge < -0.3 is 0 Å². The Kier molecular flexibility index (Phi) is 3.60. The molecule has 0 spiro atoms. The van der Waals surface area contributed by atoms with Crippen LogP contribution in [0.4, 0.5) is 0 Å². The fourth-order valence-corrected chi connectivity index (χ4v) is 2.69. The Morgan fingerprint density at radius 2 is 1.69 bits per heavy atom. The van der Waals surface area contributed by atoms with E-state index >= 15 is 0 Å². The summed E-state index contributed by atoms with van der Waals surface area (Å²) in [6, 6.07) is 0.110. The lowest BCUT2D eigenvalue weighted by Gasteiger charge is -2.31. The van der Waals surface area contributed by atoms with Crippen LogP contribution >= 0.6 is 10.7 Å². The molecular weight excluding hydrogens is 210 g/mol. The van der Waals surface area contributed by atoms with Gasteiger partial charge in [0.2, 0.25) is 0 Å². The standard InChI is InChI=1S/C8H16ClNO2S/c1-7-3-5-8(6-4-7)10(2)13(9,11)12/h7-8H,3-6H2,1-2H3. The largest absolute Gasteiger partial charge is 0.299 e. The van der Waals surface area contributed by atoms with Crippen molar-refractivity contribution < 1.29 is 8.42 Å². The molecule has 13 heavy (non-hydrogen) atoms. The summed E-state index contributed by atoms with van der Waals surface area (Å²) < 4.78 is 23.3. The molecule has 3 nitrogen and oxygen atoms in total. The third-order valence-electron chi connectivity index (χ3n) is 2.84. The summed E-state index contributed by atoms with van der Waals surface area (Å²) in [5.74, 6) is 0.725. The molecule has 0 aliphatic heterocycles. The van der Waals surface area contributed by atoms with Crippen LogP contribution in [0.5, 0.6) is 0 Å². The lowest BCUT2D eigenvalue weighted by molar-refractivity contribution is 0.249. The minimum atomic E-state index is -3.51. The SMILES string of the molecule is CC1CCC(N(C)S(=O)(=O)Cl)CC1. The summed E-state index contributed by atoms with van der Waals surface area (Å²) in [6.45, 7) is 2.20. The fraction of sp³-hybridized carbons (Fsp3) is 1.00. The summed E-state index contributed by atoms with van der Waals surface area (Å²) in [5, 5.41) is 0. The van der Waals surface area contributed by atoms with E-state index in [1.54, 1.807) is 7.05 Å². The van der Waals surface area contributed by atoms with Gasteiger partial charge in [0.1, 0.15) is 0 Å². The zero-order valence-electron chi connectivity index (χ0n) is 8.03. The van der Waals surface area contributed by atoms with Crippen LogP contribution in [-0.4, -0.2) is 25.8 Å². The highest BCUT2D eigenvalue weighted by molar-refractivity contribution is 8.11. The number of hydrogen-bond acceptors (Lipinski definition) is 2. The molecule has 5 heteroatoms. The Balaban J connectivity index is 2.55. The van der Waals surface area contributed by atoms with Crippen LogP contribution in [0, 0.1) is 5.92 Å². The number of hydrogen-bond donors (Lipinski definition) is 0. The van der Waals surface area contributed by atoms with Crippen LogP contribution in [0.2, 0.25) is 0 Å². The smallest absolute Gasteiger partial charge is 0.195 e. The zero-order valence-corrected chi connectivity index (χ0v) is 9.61. The number of nitrogens with zero attached hydrogens (tertiary/aromatic N) is 1. The van der Waals surface area contributed by atoms with Gasteiger partial charge in [0.05, 0.1) is 0 Å². The minimum absolute atomic E-state index is 0.110. The average molecular weight is 226 g/mol. The van der Waals surface area contributed by atoms with Crippen LogP contribution in [0.15, 0.2) is 0 Å². The topological polar surface area (TPSA) is 37.4 Å².